The van der Waals surface area contributed by atoms with Gasteiger partial charge in [-0.3, -0.25) is 10.1 Å². The number of pyridine rings is 1. The number of aryl methyl sites for hydroxylation is 1. The average molecular weight is 413 g/mol. The summed E-state index contributed by atoms with van der Waals surface area (Å²) < 4.78 is 1.95. The number of hydrogen-bond acceptors (Lipinski definition) is 6. The molecule has 8 nitrogen and oxygen atoms in total. The highest BCUT2D eigenvalue weighted by Crippen LogP contribution is 2.23. The van der Waals surface area contributed by atoms with E-state index in [0.29, 0.717) is 5.56 Å². The van der Waals surface area contributed by atoms with Gasteiger partial charge in [0.25, 0.3) is 5.91 Å². The number of nitrogens with one attached hydrogen (secondary N) is 1. The van der Waals surface area contributed by atoms with Crippen molar-refractivity contribution in [3.05, 3.63) is 60.8 Å². The normalized spacial score (nSPS) is 14.0. The zero-order valence-electron chi connectivity index (χ0n) is 17.3. The van der Waals surface area contributed by atoms with Gasteiger partial charge in [-0.2, -0.15) is 0 Å². The van der Waals surface area contributed by atoms with Crippen LogP contribution in [0.2, 0.25) is 0 Å². The molecule has 1 saturated heterocycles. The van der Waals surface area contributed by atoms with Crippen LogP contribution in [-0.2, 0) is 7.05 Å². The Morgan fingerprint density at radius 1 is 1.03 bits per heavy atom. The van der Waals surface area contributed by atoms with Gasteiger partial charge in [-0.15, -0.1) is 0 Å². The zero-order valence-corrected chi connectivity index (χ0v) is 17.3. The molecule has 4 heterocycles. The van der Waals surface area contributed by atoms with Gasteiger partial charge in [-0.1, -0.05) is 12.1 Å². The van der Waals surface area contributed by atoms with Crippen molar-refractivity contribution in [3.63, 3.8) is 0 Å². The highest BCUT2D eigenvalue weighted by atomic mass is 16.1. The highest BCUT2D eigenvalue weighted by molar-refractivity contribution is 6.04. The summed E-state index contributed by atoms with van der Waals surface area (Å²) in [7, 11) is 1.95. The molecule has 1 amide bonds. The summed E-state index contributed by atoms with van der Waals surface area (Å²) in [6.07, 6.45) is 10.5. The van der Waals surface area contributed by atoms with E-state index in [1.807, 2.05) is 42.1 Å². The van der Waals surface area contributed by atoms with E-state index in [2.05, 4.69) is 30.2 Å². The Bertz CT molecular complexity index is 1240. The Balaban J connectivity index is 1.38. The van der Waals surface area contributed by atoms with Crippen molar-refractivity contribution in [2.45, 2.75) is 19.3 Å². The summed E-state index contributed by atoms with van der Waals surface area (Å²) in [5.74, 6) is 0.867. The van der Waals surface area contributed by atoms with E-state index < -0.39 is 0 Å². The van der Waals surface area contributed by atoms with Gasteiger partial charge in [0, 0.05) is 49.0 Å². The first-order chi connectivity index (χ1) is 15.2. The Morgan fingerprint density at radius 3 is 2.71 bits per heavy atom. The Hall–Kier alpha value is -3.81. The van der Waals surface area contributed by atoms with Crippen LogP contribution in [0.4, 0.5) is 11.8 Å². The van der Waals surface area contributed by atoms with Crippen molar-refractivity contribution in [3.8, 4) is 11.3 Å². The first-order valence-corrected chi connectivity index (χ1v) is 10.4. The molecule has 0 aliphatic carbocycles. The van der Waals surface area contributed by atoms with E-state index in [0.717, 1.165) is 53.9 Å². The molecule has 0 bridgehead atoms. The molecule has 1 N–H and O–H groups in total. The summed E-state index contributed by atoms with van der Waals surface area (Å²) in [6.45, 7) is 1.95. The van der Waals surface area contributed by atoms with Crippen molar-refractivity contribution in [1.29, 1.82) is 0 Å². The lowest BCUT2D eigenvalue weighted by atomic mass is 10.1. The third-order valence-corrected chi connectivity index (χ3v) is 5.61. The average Bonchev–Trinajstić information content (AvgIpc) is 3.25. The van der Waals surface area contributed by atoms with Crippen molar-refractivity contribution >= 4 is 28.6 Å². The maximum Gasteiger partial charge on any atom is 0.258 e. The molecule has 1 aromatic carbocycles. The first-order valence-electron chi connectivity index (χ1n) is 10.4. The number of anilines is 2. The van der Waals surface area contributed by atoms with Gasteiger partial charge in [-0.05, 0) is 37.5 Å². The fourth-order valence-electron chi connectivity index (χ4n) is 3.91. The highest BCUT2D eigenvalue weighted by Gasteiger charge is 2.15. The topological polar surface area (TPSA) is 88.8 Å². The van der Waals surface area contributed by atoms with E-state index in [1.165, 1.54) is 6.42 Å². The van der Waals surface area contributed by atoms with Crippen LogP contribution in [0.25, 0.3) is 22.2 Å². The number of piperidine rings is 1. The van der Waals surface area contributed by atoms with Crippen LogP contribution in [-0.4, -0.2) is 43.5 Å². The number of rotatable bonds is 4. The number of carbonyl (C=O) groups excluding carboxylic acids is 1. The van der Waals surface area contributed by atoms with E-state index in [9.17, 15) is 4.79 Å². The summed E-state index contributed by atoms with van der Waals surface area (Å²) in [6, 6.07) is 9.51. The number of imidazole rings is 1. The van der Waals surface area contributed by atoms with E-state index in [1.54, 1.807) is 24.8 Å². The number of benzene rings is 1. The number of fused-ring (bicyclic) bond motifs is 1. The summed E-state index contributed by atoms with van der Waals surface area (Å²) >= 11 is 0. The SMILES string of the molecule is Cn1cncc1-c1ccc2cnc(NC(=O)c3ccnc(N4CCCCC4)c3)nc2c1. The minimum absolute atomic E-state index is 0.247. The molecule has 3 aromatic heterocycles. The second kappa shape index (κ2) is 8.14. The van der Waals surface area contributed by atoms with Crippen molar-refractivity contribution in [1.82, 2.24) is 24.5 Å². The molecule has 4 aromatic rings. The molecule has 0 atom stereocenters. The number of hydrogen-bond donors (Lipinski definition) is 1. The number of carbonyl (C=O) groups is 1. The molecule has 1 aliphatic heterocycles. The minimum Gasteiger partial charge on any atom is -0.357 e. The van der Waals surface area contributed by atoms with Crippen molar-refractivity contribution in [2.24, 2.45) is 7.05 Å². The van der Waals surface area contributed by atoms with E-state index in [-0.39, 0.29) is 11.9 Å². The van der Waals surface area contributed by atoms with Crippen LogP contribution >= 0.6 is 0 Å². The van der Waals surface area contributed by atoms with Gasteiger partial charge in [0.1, 0.15) is 5.82 Å². The number of amides is 1. The second-order valence-corrected chi connectivity index (χ2v) is 7.76. The molecule has 31 heavy (non-hydrogen) atoms. The molecule has 1 fully saturated rings. The van der Waals surface area contributed by atoms with Crippen LogP contribution in [0.1, 0.15) is 29.6 Å². The Labute approximate surface area is 180 Å². The zero-order chi connectivity index (χ0) is 21.2. The third kappa shape index (κ3) is 3.96. The fraction of sp³-hybridized carbons (Fsp3) is 0.261. The summed E-state index contributed by atoms with van der Waals surface area (Å²) in [5, 5.41) is 3.72. The van der Waals surface area contributed by atoms with Crippen molar-refractivity contribution < 1.29 is 4.79 Å². The fourth-order valence-corrected chi connectivity index (χ4v) is 3.91. The first kappa shape index (κ1) is 19.2. The monoisotopic (exact) mass is 413 g/mol. The standard InChI is InChI=1S/C23H23N7O/c1-29-15-24-14-20(29)16-5-6-18-13-26-23(27-19(18)11-16)28-22(31)17-7-8-25-21(12-17)30-9-3-2-4-10-30/h5-8,11-15H,2-4,9-10H2,1H3,(H,26,27,28,31). The van der Waals surface area contributed by atoms with E-state index >= 15 is 0 Å². The Morgan fingerprint density at radius 2 is 1.90 bits per heavy atom. The predicted octanol–water partition coefficient (Wildman–Crippen LogP) is 3.67. The quantitative estimate of drug-likeness (QED) is 0.549. The summed E-state index contributed by atoms with van der Waals surface area (Å²) in [4.78, 5) is 32.5. The predicted molar refractivity (Wildman–Crippen MR) is 120 cm³/mol. The summed E-state index contributed by atoms with van der Waals surface area (Å²) in [5.41, 5.74) is 3.30. The molecular formula is C23H23N7O. The second-order valence-electron chi connectivity index (χ2n) is 7.76. The molecule has 0 unspecified atom stereocenters. The lowest BCUT2D eigenvalue weighted by molar-refractivity contribution is 0.102. The third-order valence-electron chi connectivity index (χ3n) is 5.61. The van der Waals surface area contributed by atoms with Gasteiger partial charge in [0.2, 0.25) is 5.95 Å². The van der Waals surface area contributed by atoms with Gasteiger partial charge in [0.15, 0.2) is 0 Å². The van der Waals surface area contributed by atoms with Gasteiger partial charge in [-0.25, -0.2) is 19.9 Å². The van der Waals surface area contributed by atoms with Gasteiger partial charge < -0.3 is 9.47 Å². The molecular weight excluding hydrogens is 390 g/mol. The lowest BCUT2D eigenvalue weighted by Crippen LogP contribution is -2.30. The van der Waals surface area contributed by atoms with Crippen LogP contribution in [0.15, 0.2) is 55.2 Å². The molecule has 156 valence electrons. The molecule has 1 aliphatic rings. The van der Waals surface area contributed by atoms with Crippen LogP contribution < -0.4 is 10.2 Å². The molecule has 5 rings (SSSR count). The lowest BCUT2D eigenvalue weighted by Gasteiger charge is -2.27. The largest absolute Gasteiger partial charge is 0.357 e. The molecule has 0 saturated carbocycles. The van der Waals surface area contributed by atoms with Crippen LogP contribution in [0.3, 0.4) is 0 Å². The number of aromatic nitrogens is 5. The number of nitrogens with zero attached hydrogens (tertiary/aromatic N) is 6. The van der Waals surface area contributed by atoms with Gasteiger partial charge in [0.05, 0.1) is 23.7 Å². The van der Waals surface area contributed by atoms with E-state index in [4.69, 9.17) is 0 Å². The smallest absolute Gasteiger partial charge is 0.258 e. The maximum absolute atomic E-state index is 12.8. The Kier molecular flexibility index (Phi) is 5.03. The molecule has 0 radical (unpaired) electrons. The van der Waals surface area contributed by atoms with Crippen LogP contribution in [0.5, 0.6) is 0 Å². The minimum atomic E-state index is -0.247. The maximum atomic E-state index is 12.8. The van der Waals surface area contributed by atoms with Gasteiger partial charge >= 0.3 is 0 Å². The van der Waals surface area contributed by atoms with Crippen LogP contribution in [0, 0.1) is 0 Å². The van der Waals surface area contributed by atoms with Crippen molar-refractivity contribution in [2.75, 3.05) is 23.3 Å². The molecule has 8 heteroatoms. The molecule has 0 spiro atoms.